The standard InChI is InChI=1S/C41H39N3/c1-6-35-34(25-42)41(4,5)32-17-12-15-29-30-23-26(19-21-36(30)44(35)39(29)32)27-20-22-38-33(24-27)40(2,3)31-16-10-11-18-37(31)43(38)28-13-8-7-9-14-28/h6-16,18-25,32H,17,42H2,1-5H3/b34-25+,35-6+. The second kappa shape index (κ2) is 9.37. The van der Waals surface area contributed by atoms with Crippen LogP contribution in [0.4, 0.5) is 17.1 Å². The van der Waals surface area contributed by atoms with E-state index in [1.54, 1.807) is 0 Å². The largest absolute Gasteiger partial charge is 0.404 e. The molecule has 0 saturated heterocycles. The highest BCUT2D eigenvalue weighted by Crippen LogP contribution is 2.57. The third-order valence-electron chi connectivity index (χ3n) is 10.6. The number of para-hydroxylation sites is 2. The molecule has 0 radical (unpaired) electrons. The van der Waals surface area contributed by atoms with Gasteiger partial charge in [0.05, 0.1) is 16.9 Å². The van der Waals surface area contributed by atoms with Gasteiger partial charge in [0, 0.05) is 44.8 Å². The average Bonchev–Trinajstić information content (AvgIpc) is 3.37. The Morgan fingerprint density at radius 1 is 0.795 bits per heavy atom. The molecule has 3 heteroatoms. The number of allylic oxidation sites excluding steroid dienone is 4. The molecule has 218 valence electrons. The quantitative estimate of drug-likeness (QED) is 0.228. The Hall–Kier alpha value is -4.76. The first-order valence-electron chi connectivity index (χ1n) is 15.8. The van der Waals surface area contributed by atoms with Crippen molar-refractivity contribution >= 4 is 39.7 Å². The Bertz CT molecular complexity index is 2070. The van der Waals surface area contributed by atoms with Gasteiger partial charge in [-0.1, -0.05) is 94.5 Å². The van der Waals surface area contributed by atoms with Crippen molar-refractivity contribution in [2.45, 2.75) is 52.4 Å². The Kier molecular flexibility index (Phi) is 5.71. The smallest absolute Gasteiger partial charge is 0.0538 e. The molecule has 2 aliphatic heterocycles. The van der Waals surface area contributed by atoms with Crippen LogP contribution < -0.4 is 10.6 Å². The predicted octanol–water partition coefficient (Wildman–Crippen LogP) is 10.7. The first-order valence-corrected chi connectivity index (χ1v) is 15.8. The van der Waals surface area contributed by atoms with Gasteiger partial charge in [-0.15, -0.1) is 0 Å². The lowest BCUT2D eigenvalue weighted by Gasteiger charge is -2.44. The van der Waals surface area contributed by atoms with Crippen LogP contribution in [0.3, 0.4) is 0 Å². The first kappa shape index (κ1) is 26.8. The lowest BCUT2D eigenvalue weighted by atomic mass is 9.65. The van der Waals surface area contributed by atoms with Crippen LogP contribution in [0.25, 0.3) is 33.8 Å². The number of hydrogen-bond donors (Lipinski definition) is 1. The molecule has 0 saturated carbocycles. The normalized spacial score (nSPS) is 20.9. The molecule has 0 amide bonds. The summed E-state index contributed by atoms with van der Waals surface area (Å²) in [5.74, 6) is 0.380. The van der Waals surface area contributed by atoms with Crippen LogP contribution in [-0.2, 0) is 5.41 Å². The van der Waals surface area contributed by atoms with Gasteiger partial charge in [0.25, 0.3) is 0 Å². The molecule has 3 aliphatic rings. The third-order valence-corrected chi connectivity index (χ3v) is 10.6. The van der Waals surface area contributed by atoms with Crippen LogP contribution in [0.15, 0.2) is 115 Å². The Morgan fingerprint density at radius 2 is 1.50 bits per heavy atom. The molecule has 0 spiro atoms. The highest BCUT2D eigenvalue weighted by Gasteiger charge is 2.44. The number of nitrogens with two attached hydrogens (primary N) is 1. The zero-order chi connectivity index (χ0) is 30.4. The fourth-order valence-electron chi connectivity index (χ4n) is 8.32. The van der Waals surface area contributed by atoms with Gasteiger partial charge in [-0.25, -0.2) is 0 Å². The molecule has 3 heterocycles. The van der Waals surface area contributed by atoms with Crippen LogP contribution in [0.2, 0.25) is 0 Å². The number of nitrogens with zero attached hydrogens (tertiary/aromatic N) is 2. The summed E-state index contributed by atoms with van der Waals surface area (Å²) in [6.07, 6.45) is 9.79. The molecule has 2 N–H and O–H groups in total. The van der Waals surface area contributed by atoms with Gasteiger partial charge in [0.15, 0.2) is 0 Å². The maximum absolute atomic E-state index is 6.30. The highest BCUT2D eigenvalue weighted by atomic mass is 15.2. The molecule has 0 bridgehead atoms. The zero-order valence-electron chi connectivity index (χ0n) is 26.2. The second-order valence-electron chi connectivity index (χ2n) is 13.6. The van der Waals surface area contributed by atoms with Gasteiger partial charge in [-0.2, -0.15) is 0 Å². The lowest BCUT2D eigenvalue weighted by Crippen LogP contribution is -2.34. The number of benzene rings is 4. The molecule has 0 fully saturated rings. The van der Waals surface area contributed by atoms with Crippen LogP contribution in [0, 0.1) is 5.41 Å². The van der Waals surface area contributed by atoms with E-state index in [1.165, 1.54) is 72.7 Å². The number of rotatable bonds is 2. The Morgan fingerprint density at radius 3 is 2.27 bits per heavy atom. The Balaban J connectivity index is 1.33. The summed E-state index contributed by atoms with van der Waals surface area (Å²) in [4.78, 5) is 2.42. The van der Waals surface area contributed by atoms with E-state index < -0.39 is 0 Å². The summed E-state index contributed by atoms with van der Waals surface area (Å²) in [5, 5.41) is 1.31. The number of aromatic nitrogens is 1. The highest BCUT2D eigenvalue weighted by molar-refractivity contribution is 5.99. The molecular weight excluding hydrogens is 534 g/mol. The first-order chi connectivity index (χ1) is 21.3. The maximum atomic E-state index is 6.30. The topological polar surface area (TPSA) is 34.2 Å². The average molecular weight is 574 g/mol. The molecule has 3 nitrogen and oxygen atoms in total. The van der Waals surface area contributed by atoms with Crippen molar-refractivity contribution in [2.24, 2.45) is 11.1 Å². The minimum atomic E-state index is -0.147. The van der Waals surface area contributed by atoms with E-state index in [-0.39, 0.29) is 10.8 Å². The van der Waals surface area contributed by atoms with Gasteiger partial charge < -0.3 is 15.2 Å². The number of anilines is 3. The summed E-state index contributed by atoms with van der Waals surface area (Å²) in [7, 11) is 0. The van der Waals surface area contributed by atoms with Gasteiger partial charge in [-0.05, 0) is 89.8 Å². The fourth-order valence-corrected chi connectivity index (χ4v) is 8.32. The summed E-state index contributed by atoms with van der Waals surface area (Å²) < 4.78 is 2.48. The summed E-state index contributed by atoms with van der Waals surface area (Å²) in [6.45, 7) is 11.5. The lowest BCUT2D eigenvalue weighted by molar-refractivity contribution is 0.332. The van der Waals surface area contributed by atoms with E-state index in [1.807, 2.05) is 6.20 Å². The summed E-state index contributed by atoms with van der Waals surface area (Å²) >= 11 is 0. The van der Waals surface area contributed by atoms with E-state index in [2.05, 4.69) is 153 Å². The van der Waals surface area contributed by atoms with E-state index in [4.69, 9.17) is 5.73 Å². The van der Waals surface area contributed by atoms with Crippen LogP contribution in [0.1, 0.15) is 69.3 Å². The fraction of sp³-hybridized carbons (Fsp3) is 0.220. The molecule has 5 aromatic rings. The minimum absolute atomic E-state index is 0.0473. The number of hydrogen-bond acceptors (Lipinski definition) is 2. The van der Waals surface area contributed by atoms with Crippen molar-refractivity contribution in [1.29, 1.82) is 0 Å². The van der Waals surface area contributed by atoms with Crippen molar-refractivity contribution in [3.05, 3.63) is 137 Å². The Labute approximate surface area is 260 Å². The maximum Gasteiger partial charge on any atom is 0.0538 e. The van der Waals surface area contributed by atoms with Crippen molar-refractivity contribution < 1.29 is 0 Å². The predicted molar refractivity (Wildman–Crippen MR) is 187 cm³/mol. The molecule has 1 unspecified atom stereocenters. The van der Waals surface area contributed by atoms with Crippen LogP contribution >= 0.6 is 0 Å². The van der Waals surface area contributed by atoms with E-state index in [9.17, 15) is 0 Å². The van der Waals surface area contributed by atoms with Crippen molar-refractivity contribution in [1.82, 2.24) is 4.57 Å². The molecule has 1 aromatic heterocycles. The van der Waals surface area contributed by atoms with Gasteiger partial charge in [0.1, 0.15) is 0 Å². The van der Waals surface area contributed by atoms with Crippen LogP contribution in [0.5, 0.6) is 0 Å². The number of fused-ring (bicyclic) bond motifs is 5. The molecule has 4 aromatic carbocycles. The van der Waals surface area contributed by atoms with Crippen molar-refractivity contribution in [3.8, 4) is 11.1 Å². The summed E-state index contributed by atoms with van der Waals surface area (Å²) in [5.41, 5.74) is 21.4. The third kappa shape index (κ3) is 3.50. The van der Waals surface area contributed by atoms with Crippen LogP contribution in [-0.4, -0.2) is 4.57 Å². The van der Waals surface area contributed by atoms with E-state index in [0.717, 1.165) is 6.42 Å². The van der Waals surface area contributed by atoms with Gasteiger partial charge >= 0.3 is 0 Å². The molecule has 44 heavy (non-hydrogen) atoms. The molecule has 1 atom stereocenters. The van der Waals surface area contributed by atoms with Gasteiger partial charge in [-0.3, -0.25) is 0 Å². The van der Waals surface area contributed by atoms with E-state index >= 15 is 0 Å². The zero-order valence-corrected chi connectivity index (χ0v) is 26.2. The summed E-state index contributed by atoms with van der Waals surface area (Å²) in [6, 6.07) is 33.7. The molecule has 8 rings (SSSR count). The monoisotopic (exact) mass is 573 g/mol. The SMILES string of the molecule is C/C=C1\C(=C/N)C(C)(C)C2CC=Cc3c2n1c1ccc(-c2ccc4c(c2)C(C)(C)c2ccccc2N4c2ccccc2)cc31. The molecular formula is C41H39N3. The minimum Gasteiger partial charge on any atom is -0.404 e. The van der Waals surface area contributed by atoms with Crippen molar-refractivity contribution in [3.63, 3.8) is 0 Å². The van der Waals surface area contributed by atoms with Crippen molar-refractivity contribution in [2.75, 3.05) is 4.90 Å². The second-order valence-corrected chi connectivity index (χ2v) is 13.6. The molecule has 1 aliphatic carbocycles. The van der Waals surface area contributed by atoms with Gasteiger partial charge in [0.2, 0.25) is 0 Å². The van der Waals surface area contributed by atoms with E-state index in [0.29, 0.717) is 5.92 Å².